The van der Waals surface area contributed by atoms with Crippen molar-refractivity contribution in [1.82, 2.24) is 0 Å². The number of rotatable bonds is 3. The van der Waals surface area contributed by atoms with E-state index in [2.05, 4.69) is 5.92 Å². The van der Waals surface area contributed by atoms with Crippen molar-refractivity contribution in [2.24, 2.45) is 0 Å². The summed E-state index contributed by atoms with van der Waals surface area (Å²) in [6, 6.07) is 9.82. The van der Waals surface area contributed by atoms with Crippen LogP contribution >= 0.6 is 0 Å². The van der Waals surface area contributed by atoms with Gasteiger partial charge in [0.2, 0.25) is 0 Å². The molecule has 1 N–H and O–H groups in total. The van der Waals surface area contributed by atoms with E-state index in [1.165, 1.54) is 0 Å². The predicted molar refractivity (Wildman–Crippen MR) is 59.4 cm³/mol. The number of para-hydroxylation sites is 1. The van der Waals surface area contributed by atoms with Crippen molar-refractivity contribution < 1.29 is 9.52 Å². The zero-order valence-corrected chi connectivity index (χ0v) is 8.31. The van der Waals surface area contributed by atoms with Gasteiger partial charge < -0.3 is 9.52 Å². The van der Waals surface area contributed by atoms with Gasteiger partial charge in [0.15, 0.2) is 0 Å². The summed E-state index contributed by atoms with van der Waals surface area (Å²) in [6.45, 7) is 0. The van der Waals surface area contributed by atoms with Gasteiger partial charge in [-0.25, -0.2) is 0 Å². The van der Waals surface area contributed by atoms with Gasteiger partial charge in [-0.15, -0.1) is 6.42 Å². The fourth-order valence-corrected chi connectivity index (χ4v) is 1.52. The highest BCUT2D eigenvalue weighted by atomic mass is 16.3. The molecule has 2 rings (SSSR count). The average molecular weight is 200 g/mol. The van der Waals surface area contributed by atoms with Crippen LogP contribution in [0.3, 0.4) is 0 Å². The molecule has 1 unspecified atom stereocenters. The lowest BCUT2D eigenvalue weighted by Crippen LogP contribution is -2.03. The quantitative estimate of drug-likeness (QED) is 0.771. The Morgan fingerprint density at radius 3 is 2.93 bits per heavy atom. The predicted octanol–water partition coefficient (Wildman–Crippen LogP) is 2.36. The van der Waals surface area contributed by atoms with Crippen LogP contribution in [0.15, 0.2) is 34.7 Å². The molecule has 1 aromatic heterocycles. The molecular formula is C13H12O2. The number of aliphatic hydroxyl groups is 1. The largest absolute Gasteiger partial charge is 0.461 e. The number of furan rings is 1. The Morgan fingerprint density at radius 2 is 2.20 bits per heavy atom. The molecule has 0 aliphatic heterocycles. The maximum absolute atomic E-state index is 9.22. The van der Waals surface area contributed by atoms with E-state index in [4.69, 9.17) is 10.8 Å². The summed E-state index contributed by atoms with van der Waals surface area (Å²) in [5, 5.41) is 10.3. The lowest BCUT2D eigenvalue weighted by molar-refractivity contribution is 0.220. The molecule has 76 valence electrons. The molecule has 2 aromatic rings. The molecule has 0 bridgehead atoms. The van der Waals surface area contributed by atoms with Gasteiger partial charge in [-0.3, -0.25) is 0 Å². The smallest absolute Gasteiger partial charge is 0.134 e. The molecule has 0 aliphatic rings. The van der Waals surface area contributed by atoms with Crippen molar-refractivity contribution in [3.8, 4) is 12.3 Å². The van der Waals surface area contributed by atoms with Crippen LogP contribution < -0.4 is 0 Å². The van der Waals surface area contributed by atoms with Crippen LogP contribution in [0.25, 0.3) is 11.0 Å². The number of terminal acetylenes is 1. The summed E-state index contributed by atoms with van der Waals surface area (Å²) in [5.41, 5.74) is 0.877. The van der Waals surface area contributed by atoms with Crippen molar-refractivity contribution in [3.05, 3.63) is 36.1 Å². The first-order valence-electron chi connectivity index (χ1n) is 4.91. The molecule has 0 spiro atoms. The molecule has 0 amide bonds. The van der Waals surface area contributed by atoms with E-state index in [0.717, 1.165) is 16.7 Å². The number of hydrogen-bond donors (Lipinski definition) is 1. The second kappa shape index (κ2) is 4.20. The third-order valence-corrected chi connectivity index (χ3v) is 2.33. The fourth-order valence-electron chi connectivity index (χ4n) is 1.52. The molecule has 1 heterocycles. The van der Waals surface area contributed by atoms with Gasteiger partial charge in [-0.1, -0.05) is 24.1 Å². The van der Waals surface area contributed by atoms with Crippen LogP contribution in [0.4, 0.5) is 0 Å². The SMILES string of the molecule is C#CC(O)CCc1cc2ccccc2o1. The van der Waals surface area contributed by atoms with Crippen molar-refractivity contribution in [2.75, 3.05) is 0 Å². The molecule has 2 nitrogen and oxygen atoms in total. The second-order valence-electron chi connectivity index (χ2n) is 3.47. The van der Waals surface area contributed by atoms with E-state index in [1.807, 2.05) is 30.3 Å². The lowest BCUT2D eigenvalue weighted by Gasteiger charge is -1.99. The van der Waals surface area contributed by atoms with Crippen LogP contribution in [-0.2, 0) is 6.42 Å². The molecular weight excluding hydrogens is 188 g/mol. The first-order chi connectivity index (χ1) is 7.29. The Bertz CT molecular complexity index is 457. The van der Waals surface area contributed by atoms with Gasteiger partial charge >= 0.3 is 0 Å². The number of benzene rings is 1. The summed E-state index contributed by atoms with van der Waals surface area (Å²) in [6.07, 6.45) is 5.60. The fraction of sp³-hybridized carbons (Fsp3) is 0.231. The molecule has 0 aliphatic carbocycles. The van der Waals surface area contributed by atoms with Gasteiger partial charge in [0, 0.05) is 11.8 Å². The maximum atomic E-state index is 9.22. The van der Waals surface area contributed by atoms with Crippen molar-refractivity contribution in [1.29, 1.82) is 0 Å². The molecule has 0 radical (unpaired) electrons. The topological polar surface area (TPSA) is 33.4 Å². The minimum absolute atomic E-state index is 0.538. The summed E-state index contributed by atoms with van der Waals surface area (Å²) in [7, 11) is 0. The third kappa shape index (κ3) is 2.20. The molecule has 1 aromatic carbocycles. The highest BCUT2D eigenvalue weighted by Gasteiger charge is 2.05. The summed E-state index contributed by atoms with van der Waals surface area (Å²) in [5.74, 6) is 3.15. The van der Waals surface area contributed by atoms with Gasteiger partial charge in [0.05, 0.1) is 0 Å². The molecule has 0 saturated carbocycles. The number of aliphatic hydroxyl groups excluding tert-OH is 1. The first-order valence-corrected chi connectivity index (χ1v) is 4.91. The molecule has 0 saturated heterocycles. The Kier molecular flexibility index (Phi) is 2.75. The highest BCUT2D eigenvalue weighted by Crippen LogP contribution is 2.19. The van der Waals surface area contributed by atoms with Crippen LogP contribution in [0.5, 0.6) is 0 Å². The zero-order chi connectivity index (χ0) is 10.7. The summed E-state index contributed by atoms with van der Waals surface area (Å²) in [4.78, 5) is 0. The number of fused-ring (bicyclic) bond motifs is 1. The minimum atomic E-state index is -0.682. The van der Waals surface area contributed by atoms with Crippen molar-refractivity contribution in [2.45, 2.75) is 18.9 Å². The monoisotopic (exact) mass is 200 g/mol. The Balaban J connectivity index is 2.13. The Hall–Kier alpha value is -1.72. The minimum Gasteiger partial charge on any atom is -0.461 e. The third-order valence-electron chi connectivity index (χ3n) is 2.33. The zero-order valence-electron chi connectivity index (χ0n) is 8.31. The number of aryl methyl sites for hydroxylation is 1. The van der Waals surface area contributed by atoms with Crippen LogP contribution in [0.2, 0.25) is 0 Å². The molecule has 2 heteroatoms. The van der Waals surface area contributed by atoms with E-state index in [0.29, 0.717) is 12.8 Å². The van der Waals surface area contributed by atoms with Gasteiger partial charge in [-0.2, -0.15) is 0 Å². The van der Waals surface area contributed by atoms with E-state index in [1.54, 1.807) is 0 Å². The molecule has 15 heavy (non-hydrogen) atoms. The second-order valence-corrected chi connectivity index (χ2v) is 3.47. The molecule has 0 fully saturated rings. The Morgan fingerprint density at radius 1 is 1.40 bits per heavy atom. The Labute approximate surface area is 88.5 Å². The normalized spacial score (nSPS) is 12.5. The van der Waals surface area contributed by atoms with Gasteiger partial charge in [0.1, 0.15) is 17.4 Å². The van der Waals surface area contributed by atoms with Crippen molar-refractivity contribution in [3.63, 3.8) is 0 Å². The van der Waals surface area contributed by atoms with Gasteiger partial charge in [-0.05, 0) is 18.6 Å². The highest BCUT2D eigenvalue weighted by molar-refractivity contribution is 5.77. The van der Waals surface area contributed by atoms with E-state index in [-0.39, 0.29) is 0 Å². The van der Waals surface area contributed by atoms with Gasteiger partial charge in [0.25, 0.3) is 0 Å². The van der Waals surface area contributed by atoms with E-state index < -0.39 is 6.10 Å². The van der Waals surface area contributed by atoms with E-state index >= 15 is 0 Å². The van der Waals surface area contributed by atoms with Crippen LogP contribution in [0.1, 0.15) is 12.2 Å². The van der Waals surface area contributed by atoms with E-state index in [9.17, 15) is 5.11 Å². The number of hydrogen-bond acceptors (Lipinski definition) is 2. The van der Waals surface area contributed by atoms with Crippen LogP contribution in [0, 0.1) is 12.3 Å². The summed E-state index contributed by atoms with van der Waals surface area (Å²) < 4.78 is 5.58. The average Bonchev–Trinajstić information content (AvgIpc) is 2.68. The standard InChI is InChI=1S/C13H12O2/c1-2-11(14)7-8-12-9-10-5-3-4-6-13(10)15-12/h1,3-6,9,11,14H,7-8H2. The van der Waals surface area contributed by atoms with Crippen molar-refractivity contribution >= 4 is 11.0 Å². The lowest BCUT2D eigenvalue weighted by atomic mass is 10.1. The maximum Gasteiger partial charge on any atom is 0.134 e. The molecule has 1 atom stereocenters. The summed E-state index contributed by atoms with van der Waals surface area (Å²) >= 11 is 0. The van der Waals surface area contributed by atoms with Crippen LogP contribution in [-0.4, -0.2) is 11.2 Å². The first kappa shape index (κ1) is 9.82.